The Bertz CT molecular complexity index is 205. The molecule has 0 aromatic carbocycles. The van der Waals surface area contributed by atoms with Gasteiger partial charge in [-0.05, 0) is 27.7 Å². The number of hydrogen-bond donors (Lipinski definition) is 0. The predicted molar refractivity (Wildman–Crippen MR) is 61.2 cm³/mol. The SMILES string of the molecule is CC(C)=NOCCN1C[C@@H](C)O[C@@H](C)C1. The number of rotatable bonds is 4. The lowest BCUT2D eigenvalue weighted by molar-refractivity contribution is -0.0729. The molecular weight excluding hydrogens is 192 g/mol. The lowest BCUT2D eigenvalue weighted by atomic mass is 10.2. The third kappa shape index (κ3) is 5.14. The average Bonchev–Trinajstić information content (AvgIpc) is 2.10. The van der Waals surface area contributed by atoms with E-state index >= 15 is 0 Å². The highest BCUT2D eigenvalue weighted by Crippen LogP contribution is 2.09. The first-order valence-corrected chi connectivity index (χ1v) is 5.59. The van der Waals surface area contributed by atoms with E-state index in [-0.39, 0.29) is 0 Å². The summed E-state index contributed by atoms with van der Waals surface area (Å²) in [6.45, 7) is 11.6. The zero-order valence-corrected chi connectivity index (χ0v) is 10.2. The molecule has 1 aliphatic heterocycles. The number of morpholine rings is 1. The highest BCUT2D eigenvalue weighted by molar-refractivity contribution is 5.78. The second-order valence-electron chi connectivity index (χ2n) is 4.39. The van der Waals surface area contributed by atoms with E-state index in [1.54, 1.807) is 0 Å². The number of oxime groups is 1. The minimum atomic E-state index is 0.324. The smallest absolute Gasteiger partial charge is 0.129 e. The molecule has 0 unspecified atom stereocenters. The summed E-state index contributed by atoms with van der Waals surface area (Å²) < 4.78 is 5.65. The van der Waals surface area contributed by atoms with Gasteiger partial charge >= 0.3 is 0 Å². The molecule has 88 valence electrons. The Kier molecular flexibility index (Phi) is 5.05. The van der Waals surface area contributed by atoms with E-state index in [4.69, 9.17) is 9.57 Å². The molecule has 1 saturated heterocycles. The third-order valence-corrected chi connectivity index (χ3v) is 2.24. The van der Waals surface area contributed by atoms with Gasteiger partial charge in [-0.25, -0.2) is 0 Å². The molecule has 15 heavy (non-hydrogen) atoms. The highest BCUT2D eigenvalue weighted by atomic mass is 16.6. The van der Waals surface area contributed by atoms with Crippen molar-refractivity contribution in [2.45, 2.75) is 39.9 Å². The molecule has 1 aliphatic rings. The largest absolute Gasteiger partial charge is 0.395 e. The Morgan fingerprint density at radius 2 is 1.93 bits per heavy atom. The summed E-state index contributed by atoms with van der Waals surface area (Å²) in [6.07, 6.45) is 0.648. The standard InChI is InChI=1S/C11H22N2O2/c1-9(2)12-14-6-5-13-7-10(3)15-11(4)8-13/h10-11H,5-8H2,1-4H3/t10-,11+. The maximum absolute atomic E-state index is 5.65. The van der Waals surface area contributed by atoms with Crippen LogP contribution in [0.5, 0.6) is 0 Å². The maximum Gasteiger partial charge on any atom is 0.129 e. The first-order chi connectivity index (χ1) is 7.08. The van der Waals surface area contributed by atoms with Gasteiger partial charge in [0.15, 0.2) is 0 Å². The molecule has 0 amide bonds. The van der Waals surface area contributed by atoms with Crippen LogP contribution < -0.4 is 0 Å². The van der Waals surface area contributed by atoms with Gasteiger partial charge in [-0.2, -0.15) is 0 Å². The van der Waals surface area contributed by atoms with Crippen molar-refractivity contribution in [3.8, 4) is 0 Å². The Hall–Kier alpha value is -0.610. The summed E-state index contributed by atoms with van der Waals surface area (Å²) in [5, 5.41) is 3.91. The van der Waals surface area contributed by atoms with Gasteiger partial charge in [-0.1, -0.05) is 5.16 Å². The van der Waals surface area contributed by atoms with Crippen LogP contribution in [-0.2, 0) is 9.57 Å². The van der Waals surface area contributed by atoms with Gasteiger partial charge in [-0.3, -0.25) is 4.90 Å². The Labute approximate surface area is 92.2 Å². The van der Waals surface area contributed by atoms with E-state index in [0.717, 1.165) is 25.3 Å². The monoisotopic (exact) mass is 214 g/mol. The second kappa shape index (κ2) is 6.08. The van der Waals surface area contributed by atoms with Crippen LogP contribution in [0.3, 0.4) is 0 Å². The molecule has 0 saturated carbocycles. The minimum absolute atomic E-state index is 0.324. The van der Waals surface area contributed by atoms with Crippen molar-refractivity contribution in [3.05, 3.63) is 0 Å². The van der Waals surface area contributed by atoms with Gasteiger partial charge in [0.25, 0.3) is 0 Å². The van der Waals surface area contributed by atoms with E-state index in [1.165, 1.54) is 0 Å². The predicted octanol–water partition coefficient (Wildman–Crippen LogP) is 1.51. The van der Waals surface area contributed by atoms with Crippen molar-refractivity contribution < 1.29 is 9.57 Å². The van der Waals surface area contributed by atoms with Crippen LogP contribution in [0.15, 0.2) is 5.16 Å². The van der Waals surface area contributed by atoms with Crippen LogP contribution in [0.2, 0.25) is 0 Å². The molecule has 0 N–H and O–H groups in total. The second-order valence-corrected chi connectivity index (χ2v) is 4.39. The minimum Gasteiger partial charge on any atom is -0.395 e. The summed E-state index contributed by atoms with van der Waals surface area (Å²) in [5.41, 5.74) is 0.957. The lowest BCUT2D eigenvalue weighted by Crippen LogP contribution is -2.46. The van der Waals surface area contributed by atoms with Gasteiger partial charge in [0, 0.05) is 19.6 Å². The van der Waals surface area contributed by atoms with Crippen molar-refractivity contribution in [3.63, 3.8) is 0 Å². The van der Waals surface area contributed by atoms with Gasteiger partial charge in [-0.15, -0.1) is 0 Å². The molecule has 1 rings (SSSR count). The van der Waals surface area contributed by atoms with Crippen molar-refractivity contribution in [1.82, 2.24) is 4.90 Å². The Balaban J connectivity index is 2.18. The first-order valence-electron chi connectivity index (χ1n) is 5.59. The van der Waals surface area contributed by atoms with E-state index < -0.39 is 0 Å². The first kappa shape index (κ1) is 12.5. The Morgan fingerprint density at radius 1 is 1.33 bits per heavy atom. The quantitative estimate of drug-likeness (QED) is 0.404. The molecule has 0 aromatic heterocycles. The summed E-state index contributed by atoms with van der Waals surface area (Å²) in [7, 11) is 0. The molecule has 0 aromatic rings. The van der Waals surface area contributed by atoms with Crippen LogP contribution in [0.1, 0.15) is 27.7 Å². The zero-order chi connectivity index (χ0) is 11.3. The van der Waals surface area contributed by atoms with E-state index in [2.05, 4.69) is 23.9 Å². The highest BCUT2D eigenvalue weighted by Gasteiger charge is 2.21. The fraction of sp³-hybridized carbons (Fsp3) is 0.909. The lowest BCUT2D eigenvalue weighted by Gasteiger charge is -2.34. The van der Waals surface area contributed by atoms with E-state index in [0.29, 0.717) is 18.8 Å². The summed E-state index contributed by atoms with van der Waals surface area (Å²) in [4.78, 5) is 7.53. The van der Waals surface area contributed by atoms with Crippen LogP contribution in [-0.4, -0.2) is 49.1 Å². The van der Waals surface area contributed by atoms with Crippen molar-refractivity contribution in [2.75, 3.05) is 26.2 Å². The van der Waals surface area contributed by atoms with Gasteiger partial charge < -0.3 is 9.57 Å². The molecule has 0 bridgehead atoms. The summed E-state index contributed by atoms with van der Waals surface area (Å²) in [5.74, 6) is 0. The normalized spacial score (nSPS) is 27.5. The number of nitrogens with zero attached hydrogens (tertiary/aromatic N) is 2. The average molecular weight is 214 g/mol. The number of hydrogen-bond acceptors (Lipinski definition) is 4. The van der Waals surface area contributed by atoms with Crippen molar-refractivity contribution in [1.29, 1.82) is 0 Å². The van der Waals surface area contributed by atoms with E-state index in [9.17, 15) is 0 Å². The zero-order valence-electron chi connectivity index (χ0n) is 10.2. The molecule has 4 heteroatoms. The van der Waals surface area contributed by atoms with Crippen LogP contribution in [0.4, 0.5) is 0 Å². The molecular formula is C11H22N2O2. The molecule has 1 fully saturated rings. The third-order valence-electron chi connectivity index (χ3n) is 2.24. The molecule has 1 heterocycles. The molecule has 4 nitrogen and oxygen atoms in total. The van der Waals surface area contributed by atoms with Crippen LogP contribution in [0.25, 0.3) is 0 Å². The summed E-state index contributed by atoms with van der Waals surface area (Å²) >= 11 is 0. The van der Waals surface area contributed by atoms with Crippen LogP contribution in [0, 0.1) is 0 Å². The molecule has 0 spiro atoms. The molecule has 2 atom stereocenters. The fourth-order valence-electron chi connectivity index (χ4n) is 1.81. The van der Waals surface area contributed by atoms with Crippen molar-refractivity contribution >= 4 is 5.71 Å². The van der Waals surface area contributed by atoms with Gasteiger partial charge in [0.05, 0.1) is 17.9 Å². The maximum atomic E-state index is 5.65. The topological polar surface area (TPSA) is 34.1 Å². The molecule has 0 aliphatic carbocycles. The summed E-state index contributed by atoms with van der Waals surface area (Å²) in [6, 6.07) is 0. The van der Waals surface area contributed by atoms with E-state index in [1.807, 2.05) is 13.8 Å². The van der Waals surface area contributed by atoms with Gasteiger partial charge in [0.1, 0.15) is 6.61 Å². The molecule has 0 radical (unpaired) electrons. The number of ether oxygens (including phenoxy) is 1. The van der Waals surface area contributed by atoms with Gasteiger partial charge in [0.2, 0.25) is 0 Å². The van der Waals surface area contributed by atoms with Crippen LogP contribution >= 0.6 is 0 Å². The Morgan fingerprint density at radius 3 is 2.47 bits per heavy atom. The van der Waals surface area contributed by atoms with Crippen molar-refractivity contribution in [2.24, 2.45) is 5.16 Å². The fourth-order valence-corrected chi connectivity index (χ4v) is 1.81.